The zero-order valence-corrected chi connectivity index (χ0v) is 12.3. The highest BCUT2D eigenvalue weighted by molar-refractivity contribution is 7.15. The number of rotatable bonds is 7. The van der Waals surface area contributed by atoms with E-state index in [1.54, 1.807) is 11.3 Å². The van der Waals surface area contributed by atoms with Gasteiger partial charge in [-0.15, -0.1) is 11.3 Å². The first kappa shape index (κ1) is 13.6. The third-order valence-electron chi connectivity index (χ3n) is 3.36. The Kier molecular flexibility index (Phi) is 4.78. The number of aryl methyl sites for hydroxylation is 1. The van der Waals surface area contributed by atoms with Crippen LogP contribution in [0.15, 0.2) is 17.8 Å². The van der Waals surface area contributed by atoms with Crippen molar-refractivity contribution in [1.29, 1.82) is 0 Å². The van der Waals surface area contributed by atoms with Crippen molar-refractivity contribution in [2.75, 3.05) is 6.54 Å². The minimum Gasteiger partial charge on any atom is -0.314 e. The number of imidazole rings is 1. The van der Waals surface area contributed by atoms with Gasteiger partial charge in [0.05, 0.1) is 5.69 Å². The van der Waals surface area contributed by atoms with Crippen LogP contribution in [0.4, 0.5) is 0 Å². The van der Waals surface area contributed by atoms with Crippen molar-refractivity contribution in [2.24, 2.45) is 5.92 Å². The summed E-state index contributed by atoms with van der Waals surface area (Å²) in [4.78, 5) is 5.73. The predicted octanol–water partition coefficient (Wildman–Crippen LogP) is 3.35. The van der Waals surface area contributed by atoms with E-state index in [0.717, 1.165) is 17.9 Å². The van der Waals surface area contributed by atoms with Gasteiger partial charge in [-0.1, -0.05) is 20.8 Å². The molecule has 1 unspecified atom stereocenters. The zero-order valence-electron chi connectivity index (χ0n) is 11.5. The predicted molar refractivity (Wildman–Crippen MR) is 78.3 cm³/mol. The van der Waals surface area contributed by atoms with E-state index in [4.69, 9.17) is 0 Å². The lowest BCUT2D eigenvalue weighted by molar-refractivity contribution is 0.376. The third kappa shape index (κ3) is 3.33. The maximum absolute atomic E-state index is 4.62. The quantitative estimate of drug-likeness (QED) is 0.832. The van der Waals surface area contributed by atoms with Crippen molar-refractivity contribution in [2.45, 2.75) is 46.1 Å². The third-order valence-corrected chi connectivity index (χ3v) is 4.13. The standard InChI is InChI=1S/C14H23N3S/c1-4-15-13(11(2)3)7-5-6-12-10-17-8-9-18-14(17)16-12/h8-11,13,15H,4-7H2,1-3H3. The first-order valence-corrected chi connectivity index (χ1v) is 7.73. The van der Waals surface area contributed by atoms with Gasteiger partial charge in [-0.25, -0.2) is 4.98 Å². The molecule has 0 aromatic carbocycles. The van der Waals surface area contributed by atoms with Crippen molar-refractivity contribution in [3.63, 3.8) is 0 Å². The number of aromatic nitrogens is 2. The highest BCUT2D eigenvalue weighted by Crippen LogP contribution is 2.15. The van der Waals surface area contributed by atoms with Crippen molar-refractivity contribution in [1.82, 2.24) is 14.7 Å². The minimum atomic E-state index is 0.638. The van der Waals surface area contributed by atoms with Gasteiger partial charge in [-0.05, 0) is 31.7 Å². The van der Waals surface area contributed by atoms with Crippen LogP contribution in [-0.4, -0.2) is 22.0 Å². The Labute approximate surface area is 113 Å². The highest BCUT2D eigenvalue weighted by Gasteiger charge is 2.11. The van der Waals surface area contributed by atoms with E-state index in [0.29, 0.717) is 12.0 Å². The molecule has 0 spiro atoms. The summed E-state index contributed by atoms with van der Waals surface area (Å²) in [6, 6.07) is 0.638. The summed E-state index contributed by atoms with van der Waals surface area (Å²) in [6.45, 7) is 7.82. The second-order valence-electron chi connectivity index (χ2n) is 5.13. The molecule has 0 radical (unpaired) electrons. The lowest BCUT2D eigenvalue weighted by atomic mass is 9.98. The van der Waals surface area contributed by atoms with Crippen LogP contribution in [0.3, 0.4) is 0 Å². The summed E-state index contributed by atoms with van der Waals surface area (Å²) >= 11 is 1.70. The molecule has 0 amide bonds. The van der Waals surface area contributed by atoms with Gasteiger partial charge in [0.15, 0.2) is 4.96 Å². The van der Waals surface area contributed by atoms with Crippen LogP contribution in [-0.2, 0) is 6.42 Å². The normalized spacial score (nSPS) is 13.6. The average molecular weight is 265 g/mol. The van der Waals surface area contributed by atoms with Crippen LogP contribution in [0.1, 0.15) is 39.3 Å². The molecule has 0 saturated carbocycles. The van der Waals surface area contributed by atoms with Crippen molar-refractivity contribution >= 4 is 16.3 Å². The summed E-state index contributed by atoms with van der Waals surface area (Å²) in [5.41, 5.74) is 1.22. The van der Waals surface area contributed by atoms with Crippen LogP contribution in [0, 0.1) is 5.92 Å². The minimum absolute atomic E-state index is 0.638. The molecule has 2 heterocycles. The topological polar surface area (TPSA) is 29.3 Å². The van der Waals surface area contributed by atoms with Gasteiger partial charge in [0, 0.05) is 23.8 Å². The SMILES string of the molecule is CCNC(CCCc1cn2ccsc2n1)C(C)C. The molecule has 0 aliphatic rings. The van der Waals surface area contributed by atoms with Gasteiger partial charge < -0.3 is 5.32 Å². The van der Waals surface area contributed by atoms with Gasteiger partial charge in [0.25, 0.3) is 0 Å². The molecule has 100 valence electrons. The van der Waals surface area contributed by atoms with Gasteiger partial charge in [-0.3, -0.25) is 4.40 Å². The van der Waals surface area contributed by atoms with E-state index < -0.39 is 0 Å². The second-order valence-corrected chi connectivity index (χ2v) is 6.00. The van der Waals surface area contributed by atoms with Crippen LogP contribution in [0.2, 0.25) is 0 Å². The highest BCUT2D eigenvalue weighted by atomic mass is 32.1. The molecule has 4 heteroatoms. The molecule has 1 N–H and O–H groups in total. The van der Waals surface area contributed by atoms with Gasteiger partial charge >= 0.3 is 0 Å². The van der Waals surface area contributed by atoms with E-state index in [2.05, 4.69) is 53.2 Å². The summed E-state index contributed by atoms with van der Waals surface area (Å²) < 4.78 is 2.12. The van der Waals surface area contributed by atoms with Gasteiger partial charge in [0.1, 0.15) is 0 Å². The number of hydrogen-bond donors (Lipinski definition) is 1. The molecule has 2 aromatic heterocycles. The Bertz CT molecular complexity index is 444. The number of nitrogens with zero attached hydrogens (tertiary/aromatic N) is 2. The number of fused-ring (bicyclic) bond motifs is 1. The molecule has 2 rings (SSSR count). The van der Waals surface area contributed by atoms with Crippen LogP contribution >= 0.6 is 11.3 Å². The fourth-order valence-electron chi connectivity index (χ4n) is 2.33. The second kappa shape index (κ2) is 6.34. The molecule has 0 aliphatic carbocycles. The summed E-state index contributed by atoms with van der Waals surface area (Å²) in [5, 5.41) is 5.64. The van der Waals surface area contributed by atoms with Crippen molar-refractivity contribution < 1.29 is 0 Å². The largest absolute Gasteiger partial charge is 0.314 e. The summed E-state index contributed by atoms with van der Waals surface area (Å²) in [6.07, 6.45) is 7.76. The molecular formula is C14H23N3S. The van der Waals surface area contributed by atoms with Crippen LogP contribution in [0.5, 0.6) is 0 Å². The average Bonchev–Trinajstić information content (AvgIpc) is 2.88. The molecule has 0 aliphatic heterocycles. The lowest BCUT2D eigenvalue weighted by Gasteiger charge is -2.21. The summed E-state index contributed by atoms with van der Waals surface area (Å²) in [5.74, 6) is 0.704. The number of thiazole rings is 1. The maximum atomic E-state index is 4.62. The van der Waals surface area contributed by atoms with Gasteiger partial charge in [0.2, 0.25) is 0 Å². The number of nitrogens with one attached hydrogen (secondary N) is 1. The molecule has 18 heavy (non-hydrogen) atoms. The Hall–Kier alpha value is -0.870. The Balaban J connectivity index is 1.82. The zero-order chi connectivity index (χ0) is 13.0. The fourth-order valence-corrected chi connectivity index (χ4v) is 3.05. The molecule has 0 saturated heterocycles. The monoisotopic (exact) mass is 265 g/mol. The van der Waals surface area contributed by atoms with E-state index >= 15 is 0 Å². The lowest BCUT2D eigenvalue weighted by Crippen LogP contribution is -2.33. The molecule has 3 nitrogen and oxygen atoms in total. The van der Waals surface area contributed by atoms with E-state index in [-0.39, 0.29) is 0 Å². The smallest absolute Gasteiger partial charge is 0.193 e. The first-order valence-electron chi connectivity index (χ1n) is 6.85. The molecule has 2 aromatic rings. The molecule has 0 fully saturated rings. The van der Waals surface area contributed by atoms with Gasteiger partial charge in [-0.2, -0.15) is 0 Å². The fraction of sp³-hybridized carbons (Fsp3) is 0.643. The Morgan fingerprint density at radius 3 is 2.94 bits per heavy atom. The van der Waals surface area contributed by atoms with E-state index in [1.165, 1.54) is 18.5 Å². The Morgan fingerprint density at radius 2 is 2.28 bits per heavy atom. The molecular weight excluding hydrogens is 242 g/mol. The summed E-state index contributed by atoms with van der Waals surface area (Å²) in [7, 11) is 0. The van der Waals surface area contributed by atoms with E-state index in [1.807, 2.05) is 0 Å². The number of hydrogen-bond acceptors (Lipinski definition) is 3. The molecule has 1 atom stereocenters. The van der Waals surface area contributed by atoms with Crippen LogP contribution < -0.4 is 5.32 Å². The first-order chi connectivity index (χ1) is 8.70. The van der Waals surface area contributed by atoms with Crippen LogP contribution in [0.25, 0.3) is 4.96 Å². The Morgan fingerprint density at radius 1 is 1.44 bits per heavy atom. The van der Waals surface area contributed by atoms with Crippen molar-refractivity contribution in [3.05, 3.63) is 23.5 Å². The van der Waals surface area contributed by atoms with E-state index in [9.17, 15) is 0 Å². The van der Waals surface area contributed by atoms with Crippen molar-refractivity contribution in [3.8, 4) is 0 Å². The molecule has 0 bridgehead atoms. The maximum Gasteiger partial charge on any atom is 0.193 e.